The van der Waals surface area contributed by atoms with Crippen molar-refractivity contribution in [1.29, 1.82) is 0 Å². The van der Waals surface area contributed by atoms with Crippen LogP contribution in [0.1, 0.15) is 23.4 Å². The lowest BCUT2D eigenvalue weighted by Crippen LogP contribution is -2.18. The summed E-state index contributed by atoms with van der Waals surface area (Å²) in [6.07, 6.45) is 5.79. The van der Waals surface area contributed by atoms with Crippen LogP contribution in [0.3, 0.4) is 0 Å². The first-order valence-electron chi connectivity index (χ1n) is 5.36. The van der Waals surface area contributed by atoms with Gasteiger partial charge in [0, 0.05) is 22.8 Å². The van der Waals surface area contributed by atoms with Gasteiger partial charge in [0.15, 0.2) is 0 Å². The number of thiazole rings is 1. The maximum Gasteiger partial charge on any atom is 0.125 e. The molecule has 1 aliphatic rings. The lowest BCUT2D eigenvalue weighted by Gasteiger charge is -2.04. The van der Waals surface area contributed by atoms with E-state index in [-0.39, 0.29) is 5.54 Å². The van der Waals surface area contributed by atoms with Crippen LogP contribution in [0, 0.1) is 6.92 Å². The van der Waals surface area contributed by atoms with Crippen LogP contribution < -0.4 is 5.73 Å². The highest BCUT2D eigenvalue weighted by Crippen LogP contribution is 2.47. The van der Waals surface area contributed by atoms with Crippen LogP contribution in [-0.4, -0.2) is 9.97 Å². The molecule has 0 bridgehead atoms. The van der Waals surface area contributed by atoms with Crippen LogP contribution in [0.4, 0.5) is 0 Å². The summed E-state index contributed by atoms with van der Waals surface area (Å²) in [6.45, 7) is 2.04. The molecule has 2 heterocycles. The minimum atomic E-state index is -0.0811. The van der Waals surface area contributed by atoms with E-state index < -0.39 is 0 Å². The highest BCUT2D eigenvalue weighted by Gasteiger charge is 2.43. The predicted molar refractivity (Wildman–Crippen MR) is 65.2 cm³/mol. The van der Waals surface area contributed by atoms with Gasteiger partial charge >= 0.3 is 0 Å². The Bertz CT molecular complexity index is 514. The van der Waals surface area contributed by atoms with Gasteiger partial charge in [-0.05, 0) is 31.9 Å². The van der Waals surface area contributed by atoms with E-state index in [0.717, 1.165) is 29.1 Å². The van der Waals surface area contributed by atoms with Crippen LogP contribution in [0.15, 0.2) is 24.5 Å². The molecule has 0 atom stereocenters. The molecule has 16 heavy (non-hydrogen) atoms. The predicted octanol–water partition coefficient (Wildman–Crippen LogP) is 2.46. The van der Waals surface area contributed by atoms with Crippen molar-refractivity contribution in [2.24, 2.45) is 5.73 Å². The number of hydrogen-bond donors (Lipinski definition) is 1. The number of nitrogens with zero attached hydrogens (tertiary/aromatic N) is 2. The number of pyridine rings is 1. The Balaban J connectivity index is 2.05. The maximum absolute atomic E-state index is 6.21. The summed E-state index contributed by atoms with van der Waals surface area (Å²) in [5, 5.41) is 1.03. The van der Waals surface area contributed by atoms with Crippen molar-refractivity contribution in [3.8, 4) is 10.6 Å². The normalized spacial score (nSPS) is 17.4. The van der Waals surface area contributed by atoms with Gasteiger partial charge < -0.3 is 5.73 Å². The second-order valence-corrected chi connectivity index (χ2v) is 5.33. The molecule has 1 saturated carbocycles. The minimum Gasteiger partial charge on any atom is -0.321 e. The Morgan fingerprint density at radius 3 is 2.88 bits per heavy atom. The third kappa shape index (κ3) is 1.54. The molecule has 0 aromatic carbocycles. The highest BCUT2D eigenvalue weighted by atomic mass is 32.1. The van der Waals surface area contributed by atoms with Crippen molar-refractivity contribution in [2.75, 3.05) is 0 Å². The van der Waals surface area contributed by atoms with Crippen LogP contribution in [0.25, 0.3) is 10.6 Å². The first-order valence-corrected chi connectivity index (χ1v) is 6.18. The zero-order chi connectivity index (χ0) is 11.2. The topological polar surface area (TPSA) is 51.8 Å². The summed E-state index contributed by atoms with van der Waals surface area (Å²) in [5.74, 6) is 0. The molecule has 2 N–H and O–H groups in total. The van der Waals surface area contributed by atoms with Crippen molar-refractivity contribution >= 4 is 11.3 Å². The number of aryl methyl sites for hydroxylation is 1. The maximum atomic E-state index is 6.21. The molecular formula is C12H13N3S. The van der Waals surface area contributed by atoms with E-state index in [2.05, 4.69) is 9.97 Å². The Labute approximate surface area is 98.4 Å². The van der Waals surface area contributed by atoms with Crippen LogP contribution >= 0.6 is 11.3 Å². The molecule has 2 aromatic rings. The van der Waals surface area contributed by atoms with E-state index in [0.29, 0.717) is 0 Å². The zero-order valence-electron chi connectivity index (χ0n) is 9.10. The number of nitrogens with two attached hydrogens (primary N) is 1. The fraction of sp³-hybridized carbons (Fsp3) is 0.333. The standard InChI is InChI=1S/C12H13N3S/c1-8-10(12(13)4-5-12)16-11(15-8)9-3-2-6-14-7-9/h2-3,6-7H,4-5,13H2,1H3. The van der Waals surface area contributed by atoms with Crippen LogP contribution in [-0.2, 0) is 5.54 Å². The molecule has 4 heteroatoms. The second-order valence-electron chi connectivity index (χ2n) is 4.33. The summed E-state index contributed by atoms with van der Waals surface area (Å²) in [6, 6.07) is 3.96. The summed E-state index contributed by atoms with van der Waals surface area (Å²) in [4.78, 5) is 9.94. The Hall–Kier alpha value is -1.26. The van der Waals surface area contributed by atoms with Crippen molar-refractivity contribution in [3.05, 3.63) is 35.1 Å². The van der Waals surface area contributed by atoms with Crippen molar-refractivity contribution < 1.29 is 0 Å². The molecule has 2 aromatic heterocycles. The first-order chi connectivity index (χ1) is 7.69. The SMILES string of the molecule is Cc1nc(-c2cccnc2)sc1C1(N)CC1. The Morgan fingerprint density at radius 2 is 2.25 bits per heavy atom. The van der Waals surface area contributed by atoms with E-state index in [9.17, 15) is 0 Å². The molecule has 0 aliphatic heterocycles. The fourth-order valence-electron chi connectivity index (χ4n) is 1.83. The molecule has 0 saturated heterocycles. The van der Waals surface area contributed by atoms with Gasteiger partial charge in [0.2, 0.25) is 0 Å². The van der Waals surface area contributed by atoms with E-state index in [1.165, 1.54) is 4.88 Å². The summed E-state index contributed by atoms with van der Waals surface area (Å²) in [5.41, 5.74) is 8.28. The lowest BCUT2D eigenvalue weighted by molar-refractivity contribution is 0.748. The van der Waals surface area contributed by atoms with Gasteiger partial charge in [-0.25, -0.2) is 4.98 Å². The van der Waals surface area contributed by atoms with Crippen molar-refractivity contribution in [2.45, 2.75) is 25.3 Å². The smallest absolute Gasteiger partial charge is 0.125 e. The van der Waals surface area contributed by atoms with Crippen LogP contribution in [0.2, 0.25) is 0 Å². The third-order valence-electron chi connectivity index (χ3n) is 2.95. The van der Waals surface area contributed by atoms with Gasteiger partial charge in [0.1, 0.15) is 5.01 Å². The largest absolute Gasteiger partial charge is 0.321 e. The van der Waals surface area contributed by atoms with E-state index in [4.69, 9.17) is 5.73 Å². The zero-order valence-corrected chi connectivity index (χ0v) is 9.92. The van der Waals surface area contributed by atoms with Crippen molar-refractivity contribution in [3.63, 3.8) is 0 Å². The lowest BCUT2D eigenvalue weighted by atomic mass is 10.2. The molecule has 82 valence electrons. The number of hydrogen-bond acceptors (Lipinski definition) is 4. The average Bonchev–Trinajstić information content (AvgIpc) is 2.91. The summed E-state index contributed by atoms with van der Waals surface area (Å²) in [7, 11) is 0. The fourth-order valence-corrected chi connectivity index (χ4v) is 3.05. The van der Waals surface area contributed by atoms with Gasteiger partial charge in [0.25, 0.3) is 0 Å². The Kier molecular flexibility index (Phi) is 2.09. The molecular weight excluding hydrogens is 218 g/mol. The highest BCUT2D eigenvalue weighted by molar-refractivity contribution is 7.15. The van der Waals surface area contributed by atoms with Crippen molar-refractivity contribution in [1.82, 2.24) is 9.97 Å². The van der Waals surface area contributed by atoms with Gasteiger partial charge in [-0.1, -0.05) is 0 Å². The van der Waals surface area contributed by atoms with E-state index in [1.54, 1.807) is 17.5 Å². The average molecular weight is 231 g/mol. The van der Waals surface area contributed by atoms with Gasteiger partial charge in [-0.3, -0.25) is 4.98 Å². The second kappa shape index (κ2) is 3.37. The number of aromatic nitrogens is 2. The molecule has 3 rings (SSSR count). The Morgan fingerprint density at radius 1 is 1.44 bits per heavy atom. The van der Waals surface area contributed by atoms with Gasteiger partial charge in [-0.2, -0.15) is 0 Å². The molecule has 0 unspecified atom stereocenters. The molecule has 0 radical (unpaired) electrons. The van der Waals surface area contributed by atoms with E-state index in [1.807, 2.05) is 25.3 Å². The molecule has 1 fully saturated rings. The molecule has 0 amide bonds. The monoisotopic (exact) mass is 231 g/mol. The van der Waals surface area contributed by atoms with Gasteiger partial charge in [-0.15, -0.1) is 11.3 Å². The van der Waals surface area contributed by atoms with Crippen LogP contribution in [0.5, 0.6) is 0 Å². The molecule has 0 spiro atoms. The molecule has 1 aliphatic carbocycles. The minimum absolute atomic E-state index is 0.0811. The summed E-state index contributed by atoms with van der Waals surface area (Å²) >= 11 is 1.71. The summed E-state index contributed by atoms with van der Waals surface area (Å²) < 4.78 is 0. The number of rotatable bonds is 2. The van der Waals surface area contributed by atoms with E-state index >= 15 is 0 Å². The molecule has 3 nitrogen and oxygen atoms in total. The van der Waals surface area contributed by atoms with Gasteiger partial charge in [0.05, 0.1) is 11.2 Å². The third-order valence-corrected chi connectivity index (χ3v) is 4.37. The first kappa shape index (κ1) is 9.93. The quantitative estimate of drug-likeness (QED) is 0.863.